The molecule has 0 aromatic heterocycles. The van der Waals surface area contributed by atoms with Gasteiger partial charge in [0.1, 0.15) is 5.75 Å². The first-order chi connectivity index (χ1) is 8.95. The van der Waals surface area contributed by atoms with E-state index in [-0.39, 0.29) is 18.6 Å². The first-order valence-corrected chi connectivity index (χ1v) is 6.52. The van der Waals surface area contributed by atoms with Crippen LogP contribution in [0.25, 0.3) is 0 Å². The molecule has 1 rings (SSSR count). The van der Waals surface area contributed by atoms with Crippen LogP contribution in [0.15, 0.2) is 18.2 Å². The average molecular weight is 265 g/mol. The first kappa shape index (κ1) is 15.5. The molecule has 4 heteroatoms. The third-order valence-corrected chi connectivity index (χ3v) is 3.38. The molecule has 1 N–H and O–H groups in total. The summed E-state index contributed by atoms with van der Waals surface area (Å²) < 4.78 is 5.57. The highest BCUT2D eigenvalue weighted by Crippen LogP contribution is 2.16. The number of carbonyl (C=O) groups is 1. The van der Waals surface area contributed by atoms with Crippen LogP contribution in [0.3, 0.4) is 0 Å². The number of ether oxygens (including phenoxy) is 1. The molecule has 1 amide bonds. The summed E-state index contributed by atoms with van der Waals surface area (Å²) in [5, 5.41) is 8.99. The molecule has 1 unspecified atom stereocenters. The topological polar surface area (TPSA) is 49.8 Å². The van der Waals surface area contributed by atoms with E-state index in [1.165, 1.54) is 11.1 Å². The molecule has 1 atom stereocenters. The van der Waals surface area contributed by atoms with Gasteiger partial charge in [0.25, 0.3) is 0 Å². The molecule has 19 heavy (non-hydrogen) atoms. The number of amides is 1. The van der Waals surface area contributed by atoms with E-state index in [0.717, 1.165) is 5.75 Å². The van der Waals surface area contributed by atoms with Gasteiger partial charge in [-0.25, -0.2) is 0 Å². The lowest BCUT2D eigenvalue weighted by Gasteiger charge is -2.23. The van der Waals surface area contributed by atoms with Crippen LogP contribution >= 0.6 is 0 Å². The summed E-state index contributed by atoms with van der Waals surface area (Å²) >= 11 is 0. The minimum Gasteiger partial charge on any atom is -0.493 e. The number of benzene rings is 1. The quantitative estimate of drug-likeness (QED) is 0.855. The smallest absolute Gasteiger partial charge is 0.226 e. The van der Waals surface area contributed by atoms with Crippen LogP contribution in [-0.2, 0) is 4.79 Å². The number of aliphatic hydroxyl groups is 1. The number of aryl methyl sites for hydroxylation is 2. The molecule has 0 heterocycles. The summed E-state index contributed by atoms with van der Waals surface area (Å²) in [6, 6.07) is 5.73. The maximum absolute atomic E-state index is 11.8. The molecule has 1 aromatic carbocycles. The first-order valence-electron chi connectivity index (χ1n) is 6.52. The van der Waals surface area contributed by atoms with Gasteiger partial charge in [-0.2, -0.15) is 0 Å². The van der Waals surface area contributed by atoms with Crippen molar-refractivity contribution in [3.8, 4) is 5.75 Å². The Balaban J connectivity index is 2.41. The van der Waals surface area contributed by atoms with Gasteiger partial charge in [-0.3, -0.25) is 4.79 Å². The van der Waals surface area contributed by atoms with Crippen LogP contribution in [0.2, 0.25) is 0 Å². The number of carbonyl (C=O) groups excluding carboxylic acids is 1. The maximum atomic E-state index is 11.8. The molecule has 0 spiro atoms. The van der Waals surface area contributed by atoms with E-state index < -0.39 is 0 Å². The molecule has 0 aliphatic carbocycles. The molecule has 4 nitrogen and oxygen atoms in total. The van der Waals surface area contributed by atoms with E-state index in [1.54, 1.807) is 11.9 Å². The summed E-state index contributed by atoms with van der Waals surface area (Å²) in [5.41, 5.74) is 2.40. The highest BCUT2D eigenvalue weighted by Gasteiger charge is 2.14. The summed E-state index contributed by atoms with van der Waals surface area (Å²) in [5.74, 6) is 0.763. The number of aliphatic hydroxyl groups excluding tert-OH is 1. The zero-order valence-corrected chi connectivity index (χ0v) is 12.1. The fraction of sp³-hybridized carbons (Fsp3) is 0.533. The molecule has 0 bridgehead atoms. The SMILES string of the molecule is Cc1ccc(OCCC(=O)N(C)C(C)CO)cc1C. The molecular formula is C15H23NO3. The van der Waals surface area contributed by atoms with Crippen LogP contribution < -0.4 is 4.74 Å². The van der Waals surface area contributed by atoms with Crippen molar-refractivity contribution >= 4 is 5.91 Å². The minimum absolute atomic E-state index is 0.0228. The zero-order chi connectivity index (χ0) is 14.4. The largest absolute Gasteiger partial charge is 0.493 e. The van der Waals surface area contributed by atoms with Crippen LogP contribution in [0.4, 0.5) is 0 Å². The Morgan fingerprint density at radius 1 is 1.37 bits per heavy atom. The van der Waals surface area contributed by atoms with Crippen molar-refractivity contribution in [2.45, 2.75) is 33.2 Å². The van der Waals surface area contributed by atoms with E-state index >= 15 is 0 Å². The Hall–Kier alpha value is -1.55. The Kier molecular flexibility index (Phi) is 5.83. The lowest BCUT2D eigenvalue weighted by Crippen LogP contribution is -2.37. The van der Waals surface area contributed by atoms with Crippen molar-refractivity contribution in [1.29, 1.82) is 0 Å². The molecule has 0 saturated carbocycles. The minimum atomic E-state index is -0.158. The summed E-state index contributed by atoms with van der Waals surface area (Å²) in [6.07, 6.45) is 0.313. The van der Waals surface area contributed by atoms with Crippen LogP contribution in [0.1, 0.15) is 24.5 Å². The van der Waals surface area contributed by atoms with Gasteiger partial charge in [0.2, 0.25) is 5.91 Å². The van der Waals surface area contributed by atoms with Crippen molar-refractivity contribution < 1.29 is 14.6 Å². The molecule has 106 valence electrons. The number of rotatable bonds is 6. The van der Waals surface area contributed by atoms with E-state index in [9.17, 15) is 4.79 Å². The van der Waals surface area contributed by atoms with E-state index in [1.807, 2.05) is 39.0 Å². The van der Waals surface area contributed by atoms with Gasteiger partial charge in [0, 0.05) is 7.05 Å². The van der Waals surface area contributed by atoms with Crippen molar-refractivity contribution in [1.82, 2.24) is 4.90 Å². The lowest BCUT2D eigenvalue weighted by atomic mass is 10.1. The van der Waals surface area contributed by atoms with Gasteiger partial charge in [0.15, 0.2) is 0 Å². The lowest BCUT2D eigenvalue weighted by molar-refractivity contribution is -0.132. The molecule has 0 aliphatic rings. The summed E-state index contributed by atoms with van der Waals surface area (Å²) in [7, 11) is 1.69. The number of hydrogen-bond donors (Lipinski definition) is 1. The standard InChI is InChI=1S/C15H23NO3/c1-11-5-6-14(9-12(11)2)19-8-7-15(18)16(4)13(3)10-17/h5-6,9,13,17H,7-8,10H2,1-4H3. The Morgan fingerprint density at radius 3 is 2.63 bits per heavy atom. The van der Waals surface area contributed by atoms with Crippen LogP contribution in [0.5, 0.6) is 5.75 Å². The summed E-state index contributed by atoms with van der Waals surface area (Å²) in [6.45, 7) is 6.21. The van der Waals surface area contributed by atoms with Crippen LogP contribution in [0, 0.1) is 13.8 Å². The van der Waals surface area contributed by atoms with E-state index in [2.05, 4.69) is 0 Å². The molecule has 1 aromatic rings. The highest BCUT2D eigenvalue weighted by atomic mass is 16.5. The van der Waals surface area contributed by atoms with Crippen molar-refractivity contribution in [2.75, 3.05) is 20.3 Å². The maximum Gasteiger partial charge on any atom is 0.226 e. The monoisotopic (exact) mass is 265 g/mol. The Labute approximate surface area is 115 Å². The highest BCUT2D eigenvalue weighted by molar-refractivity contribution is 5.76. The second kappa shape index (κ2) is 7.14. The fourth-order valence-corrected chi connectivity index (χ4v) is 1.60. The molecule has 0 fully saturated rings. The average Bonchev–Trinajstić information content (AvgIpc) is 2.40. The predicted octanol–water partition coefficient (Wildman–Crippen LogP) is 1.91. The second-order valence-electron chi connectivity index (χ2n) is 4.88. The number of hydrogen-bond acceptors (Lipinski definition) is 3. The third-order valence-electron chi connectivity index (χ3n) is 3.38. The third kappa shape index (κ3) is 4.56. The fourth-order valence-electron chi connectivity index (χ4n) is 1.60. The van der Waals surface area contributed by atoms with Crippen molar-refractivity contribution in [3.63, 3.8) is 0 Å². The van der Waals surface area contributed by atoms with E-state index in [0.29, 0.717) is 13.0 Å². The summed E-state index contributed by atoms with van der Waals surface area (Å²) in [4.78, 5) is 13.3. The Bertz CT molecular complexity index is 431. The van der Waals surface area contributed by atoms with Gasteiger partial charge < -0.3 is 14.7 Å². The van der Waals surface area contributed by atoms with Gasteiger partial charge in [-0.1, -0.05) is 6.07 Å². The van der Waals surface area contributed by atoms with Crippen molar-refractivity contribution in [3.05, 3.63) is 29.3 Å². The predicted molar refractivity (Wildman–Crippen MR) is 75.3 cm³/mol. The van der Waals surface area contributed by atoms with Gasteiger partial charge >= 0.3 is 0 Å². The van der Waals surface area contributed by atoms with E-state index in [4.69, 9.17) is 9.84 Å². The van der Waals surface area contributed by atoms with Crippen LogP contribution in [-0.4, -0.2) is 42.2 Å². The Morgan fingerprint density at radius 2 is 2.05 bits per heavy atom. The van der Waals surface area contributed by atoms with Gasteiger partial charge in [-0.15, -0.1) is 0 Å². The molecule has 0 radical (unpaired) electrons. The normalized spacial score (nSPS) is 12.1. The molecular weight excluding hydrogens is 242 g/mol. The number of likely N-dealkylation sites (N-methyl/N-ethyl adjacent to an activating group) is 1. The van der Waals surface area contributed by atoms with Crippen molar-refractivity contribution in [2.24, 2.45) is 0 Å². The second-order valence-corrected chi connectivity index (χ2v) is 4.88. The van der Waals surface area contributed by atoms with Gasteiger partial charge in [-0.05, 0) is 44.0 Å². The molecule has 0 aliphatic heterocycles. The van der Waals surface area contributed by atoms with Gasteiger partial charge in [0.05, 0.1) is 25.7 Å². The molecule has 0 saturated heterocycles. The zero-order valence-electron chi connectivity index (χ0n) is 12.1. The number of nitrogens with zero attached hydrogens (tertiary/aromatic N) is 1.